The largest absolute Gasteiger partial charge is 0.504 e. The molecule has 1 atom stereocenters. The summed E-state index contributed by atoms with van der Waals surface area (Å²) < 4.78 is 6.21. The van der Waals surface area contributed by atoms with E-state index in [1.165, 1.54) is 11.1 Å². The molecule has 0 amide bonds. The Morgan fingerprint density at radius 2 is 1.90 bits per heavy atom. The highest BCUT2D eigenvalue weighted by atomic mass is 79.9. The lowest BCUT2D eigenvalue weighted by molar-refractivity contribution is -0.122. The van der Waals surface area contributed by atoms with Gasteiger partial charge in [0.05, 0.1) is 11.6 Å². The van der Waals surface area contributed by atoms with Crippen LogP contribution < -0.4 is 4.74 Å². The molecule has 5 heteroatoms. The number of likely N-dealkylation sites (N-methyl/N-ethyl adjacent to an activating group) is 1. The second-order valence-electron chi connectivity index (χ2n) is 9.38. The first-order valence-electron chi connectivity index (χ1n) is 11.5. The molecule has 1 aromatic rings. The molecule has 0 fully saturated rings. The summed E-state index contributed by atoms with van der Waals surface area (Å²) in [5, 5.41) is 10.4. The number of ketones is 1. The van der Waals surface area contributed by atoms with Crippen LogP contribution >= 0.6 is 15.9 Å². The van der Waals surface area contributed by atoms with Gasteiger partial charge in [0.1, 0.15) is 5.78 Å². The Labute approximate surface area is 198 Å². The van der Waals surface area contributed by atoms with Crippen LogP contribution in [0.15, 0.2) is 22.2 Å². The van der Waals surface area contributed by atoms with E-state index in [-0.39, 0.29) is 11.7 Å². The summed E-state index contributed by atoms with van der Waals surface area (Å²) in [6.07, 6.45) is 8.57. The summed E-state index contributed by atoms with van der Waals surface area (Å²) in [6, 6.07) is 1.83. The Bertz CT molecular complexity index is 741. The number of Topliss-reactive ketones (excluding diaryl/α,β-unsaturated/α-hetero) is 1. The van der Waals surface area contributed by atoms with E-state index in [1.807, 2.05) is 6.07 Å². The smallest absolute Gasteiger partial charge is 0.174 e. The molecule has 0 aliphatic heterocycles. The monoisotopic (exact) mass is 495 g/mol. The Morgan fingerprint density at radius 1 is 1.23 bits per heavy atom. The number of hydrogen-bond donors (Lipinski definition) is 1. The van der Waals surface area contributed by atoms with Crippen molar-refractivity contribution in [2.75, 3.05) is 27.7 Å². The SMILES string of the molecule is COc1c(O)cc(C/C=C(\C)CCCC(C)C(=O)CCC(C)C)c(CCN(C)C)c1Br. The van der Waals surface area contributed by atoms with E-state index in [1.54, 1.807) is 7.11 Å². The highest BCUT2D eigenvalue weighted by molar-refractivity contribution is 9.10. The number of ether oxygens (including phenoxy) is 1. The first-order chi connectivity index (χ1) is 14.6. The van der Waals surface area contributed by atoms with E-state index in [0.717, 1.165) is 55.1 Å². The summed E-state index contributed by atoms with van der Waals surface area (Å²) >= 11 is 3.64. The zero-order valence-electron chi connectivity index (χ0n) is 20.6. The van der Waals surface area contributed by atoms with Gasteiger partial charge < -0.3 is 14.7 Å². The zero-order valence-corrected chi connectivity index (χ0v) is 22.1. The number of phenolic OH excluding ortho intramolecular Hbond substituents is 1. The number of methoxy groups -OCH3 is 1. The van der Waals surface area contributed by atoms with Crippen molar-refractivity contribution in [3.05, 3.63) is 33.3 Å². The molecular weight excluding hydrogens is 454 g/mol. The van der Waals surface area contributed by atoms with Gasteiger partial charge in [-0.05, 0) is 98.6 Å². The van der Waals surface area contributed by atoms with Gasteiger partial charge in [0.25, 0.3) is 0 Å². The van der Waals surface area contributed by atoms with Crippen LogP contribution in [-0.4, -0.2) is 43.5 Å². The van der Waals surface area contributed by atoms with E-state index in [4.69, 9.17) is 4.74 Å². The van der Waals surface area contributed by atoms with Crippen molar-refractivity contribution in [1.82, 2.24) is 4.90 Å². The maximum atomic E-state index is 12.2. The molecule has 1 rings (SSSR count). The number of hydrogen-bond acceptors (Lipinski definition) is 4. The molecule has 0 aromatic heterocycles. The lowest BCUT2D eigenvalue weighted by Crippen LogP contribution is -2.16. The number of carbonyl (C=O) groups is 1. The molecule has 1 unspecified atom stereocenters. The van der Waals surface area contributed by atoms with Crippen LogP contribution in [0.25, 0.3) is 0 Å². The maximum Gasteiger partial charge on any atom is 0.174 e. The molecule has 1 N–H and O–H groups in total. The summed E-state index contributed by atoms with van der Waals surface area (Å²) in [5.41, 5.74) is 3.62. The van der Waals surface area contributed by atoms with Gasteiger partial charge >= 0.3 is 0 Å². The quantitative estimate of drug-likeness (QED) is 0.296. The average molecular weight is 497 g/mol. The van der Waals surface area contributed by atoms with Gasteiger partial charge in [0, 0.05) is 18.9 Å². The molecule has 0 heterocycles. The molecule has 176 valence electrons. The lowest BCUT2D eigenvalue weighted by Gasteiger charge is -2.17. The van der Waals surface area contributed by atoms with Crippen molar-refractivity contribution < 1.29 is 14.6 Å². The van der Waals surface area contributed by atoms with Gasteiger partial charge in [-0.2, -0.15) is 0 Å². The number of benzene rings is 1. The van der Waals surface area contributed by atoms with Crippen LogP contribution in [0.2, 0.25) is 0 Å². The van der Waals surface area contributed by atoms with Crippen LogP contribution in [-0.2, 0) is 17.6 Å². The third-order valence-corrected chi connectivity index (χ3v) is 6.64. The van der Waals surface area contributed by atoms with Crippen molar-refractivity contribution in [3.63, 3.8) is 0 Å². The Kier molecular flexibility index (Phi) is 12.5. The van der Waals surface area contributed by atoms with Gasteiger partial charge in [0.15, 0.2) is 11.5 Å². The molecular formula is C26H42BrNO3. The minimum absolute atomic E-state index is 0.152. The highest BCUT2D eigenvalue weighted by Crippen LogP contribution is 2.39. The molecule has 0 aliphatic rings. The van der Waals surface area contributed by atoms with Crippen molar-refractivity contribution >= 4 is 21.7 Å². The maximum absolute atomic E-state index is 12.2. The summed E-state index contributed by atoms with van der Waals surface area (Å²) in [4.78, 5) is 14.4. The normalized spacial score (nSPS) is 13.2. The number of carbonyl (C=O) groups excluding carboxylic acids is 1. The van der Waals surface area contributed by atoms with E-state index in [2.05, 4.69) is 68.7 Å². The van der Waals surface area contributed by atoms with E-state index < -0.39 is 0 Å². The van der Waals surface area contributed by atoms with E-state index in [9.17, 15) is 9.90 Å². The second kappa shape index (κ2) is 13.9. The Morgan fingerprint density at radius 3 is 2.48 bits per heavy atom. The van der Waals surface area contributed by atoms with Crippen LogP contribution in [0.5, 0.6) is 11.5 Å². The molecule has 31 heavy (non-hydrogen) atoms. The van der Waals surface area contributed by atoms with Crippen molar-refractivity contribution in [2.24, 2.45) is 11.8 Å². The number of nitrogens with zero attached hydrogens (tertiary/aromatic N) is 1. The van der Waals surface area contributed by atoms with Gasteiger partial charge in [-0.25, -0.2) is 0 Å². The summed E-state index contributed by atoms with van der Waals surface area (Å²) in [7, 11) is 5.70. The van der Waals surface area contributed by atoms with Crippen LogP contribution in [0, 0.1) is 11.8 Å². The molecule has 1 aromatic carbocycles. The second-order valence-corrected chi connectivity index (χ2v) is 10.2. The standard InChI is InChI=1S/C26H42BrNO3/c1-18(2)11-14-23(29)20(4)10-8-9-19(3)12-13-21-17-24(30)26(31-7)25(27)22(21)15-16-28(5)6/h12,17-18,20,30H,8-11,13-16H2,1-7H3/b19-12+. The molecule has 0 saturated carbocycles. The molecule has 0 bridgehead atoms. The lowest BCUT2D eigenvalue weighted by atomic mass is 9.93. The number of phenols is 1. The zero-order chi connectivity index (χ0) is 23.6. The molecule has 0 saturated heterocycles. The summed E-state index contributed by atoms with van der Waals surface area (Å²) in [5.74, 6) is 1.80. The van der Waals surface area contributed by atoms with Gasteiger partial charge in [-0.1, -0.05) is 32.4 Å². The number of allylic oxidation sites excluding steroid dienone is 2. The average Bonchev–Trinajstić information content (AvgIpc) is 2.69. The topological polar surface area (TPSA) is 49.8 Å². The first kappa shape index (κ1) is 27.7. The van der Waals surface area contributed by atoms with Crippen LogP contribution in [0.3, 0.4) is 0 Å². The Balaban J connectivity index is 2.73. The minimum Gasteiger partial charge on any atom is -0.504 e. The number of aromatic hydroxyl groups is 1. The fraction of sp³-hybridized carbons (Fsp3) is 0.654. The Hall–Kier alpha value is -1.33. The summed E-state index contributed by atoms with van der Waals surface area (Å²) in [6.45, 7) is 9.47. The van der Waals surface area contributed by atoms with E-state index in [0.29, 0.717) is 23.9 Å². The predicted octanol–water partition coefficient (Wildman–Crippen LogP) is 6.57. The van der Waals surface area contributed by atoms with Crippen molar-refractivity contribution in [3.8, 4) is 11.5 Å². The van der Waals surface area contributed by atoms with Gasteiger partial charge in [-0.3, -0.25) is 4.79 Å². The van der Waals surface area contributed by atoms with Crippen LogP contribution in [0.4, 0.5) is 0 Å². The third-order valence-electron chi connectivity index (χ3n) is 5.81. The first-order valence-corrected chi connectivity index (χ1v) is 12.3. The fourth-order valence-electron chi connectivity index (χ4n) is 3.60. The number of halogens is 1. The molecule has 0 spiro atoms. The third kappa shape index (κ3) is 9.78. The highest BCUT2D eigenvalue weighted by Gasteiger charge is 2.17. The predicted molar refractivity (Wildman–Crippen MR) is 134 cm³/mol. The molecule has 0 aliphatic carbocycles. The molecule has 0 radical (unpaired) electrons. The fourth-order valence-corrected chi connectivity index (χ4v) is 4.42. The minimum atomic E-state index is 0.152. The van der Waals surface area contributed by atoms with Crippen molar-refractivity contribution in [2.45, 2.75) is 72.6 Å². The van der Waals surface area contributed by atoms with Gasteiger partial charge in [-0.15, -0.1) is 0 Å². The van der Waals surface area contributed by atoms with E-state index >= 15 is 0 Å². The van der Waals surface area contributed by atoms with Gasteiger partial charge in [0.2, 0.25) is 0 Å². The number of rotatable bonds is 14. The van der Waals surface area contributed by atoms with Crippen LogP contribution in [0.1, 0.15) is 70.9 Å². The van der Waals surface area contributed by atoms with Crippen molar-refractivity contribution in [1.29, 1.82) is 0 Å². The molecule has 4 nitrogen and oxygen atoms in total.